The number of anilines is 2. The van der Waals surface area contributed by atoms with Crippen molar-refractivity contribution in [2.24, 2.45) is 4.99 Å². The van der Waals surface area contributed by atoms with E-state index in [0.717, 1.165) is 63.4 Å². The van der Waals surface area contributed by atoms with E-state index in [-0.39, 0.29) is 23.7 Å². The number of rotatable bonds is 7. The van der Waals surface area contributed by atoms with Crippen LogP contribution in [0.2, 0.25) is 0 Å². The van der Waals surface area contributed by atoms with E-state index >= 15 is 0 Å². The van der Waals surface area contributed by atoms with Gasteiger partial charge < -0.3 is 19.7 Å². The third-order valence-corrected chi connectivity index (χ3v) is 7.43. The number of ether oxygens (including phenoxy) is 2. The van der Waals surface area contributed by atoms with Crippen molar-refractivity contribution in [2.75, 3.05) is 57.5 Å². The van der Waals surface area contributed by atoms with Crippen LogP contribution >= 0.6 is 0 Å². The van der Waals surface area contributed by atoms with Crippen LogP contribution in [0.15, 0.2) is 29.5 Å². The number of hydrogen-bond acceptors (Lipinski definition) is 8. The van der Waals surface area contributed by atoms with Crippen molar-refractivity contribution in [1.82, 2.24) is 20.2 Å². The normalized spacial score (nSPS) is 21.2. The lowest BCUT2D eigenvalue weighted by atomic mass is 9.97. The van der Waals surface area contributed by atoms with Gasteiger partial charge in [0, 0.05) is 50.5 Å². The number of fused-ring (bicyclic) bond motifs is 1. The molecule has 0 radical (unpaired) electrons. The molecule has 1 aromatic heterocycles. The molecule has 1 amide bonds. The van der Waals surface area contributed by atoms with E-state index in [1.54, 1.807) is 13.0 Å². The first-order chi connectivity index (χ1) is 18.0. The molecule has 10 heteroatoms. The van der Waals surface area contributed by atoms with Gasteiger partial charge >= 0.3 is 0 Å². The second-order valence-corrected chi connectivity index (χ2v) is 9.94. The second-order valence-electron chi connectivity index (χ2n) is 9.94. The molecule has 1 unspecified atom stereocenters. The first-order valence-corrected chi connectivity index (χ1v) is 13.1. The first kappa shape index (κ1) is 25.7. The summed E-state index contributed by atoms with van der Waals surface area (Å²) < 4.78 is 25.2. The van der Waals surface area contributed by atoms with Gasteiger partial charge in [-0.25, -0.2) is 19.4 Å². The predicted molar refractivity (Wildman–Crippen MR) is 140 cm³/mol. The van der Waals surface area contributed by atoms with Gasteiger partial charge in [-0.05, 0) is 63.4 Å². The number of aryl methyl sites for hydroxylation is 1. The summed E-state index contributed by atoms with van der Waals surface area (Å²) in [6, 6.07) is 5.03. The molecule has 0 aliphatic carbocycles. The molecule has 4 heterocycles. The molecule has 0 saturated carbocycles. The molecule has 198 valence electrons. The van der Waals surface area contributed by atoms with Crippen LogP contribution in [0.3, 0.4) is 0 Å². The van der Waals surface area contributed by atoms with Gasteiger partial charge in [0.2, 0.25) is 0 Å². The summed E-state index contributed by atoms with van der Waals surface area (Å²) in [6.07, 6.45) is 4.02. The van der Waals surface area contributed by atoms with Crippen LogP contribution in [-0.4, -0.2) is 85.1 Å². The van der Waals surface area contributed by atoms with Gasteiger partial charge in [0.15, 0.2) is 5.82 Å². The molecule has 37 heavy (non-hydrogen) atoms. The number of benzene rings is 1. The third-order valence-electron chi connectivity index (χ3n) is 7.43. The lowest BCUT2D eigenvalue weighted by Gasteiger charge is -2.27. The summed E-state index contributed by atoms with van der Waals surface area (Å²) in [5.74, 6) is 0.342. The Labute approximate surface area is 217 Å². The van der Waals surface area contributed by atoms with Gasteiger partial charge in [0.1, 0.15) is 23.5 Å². The SMILES string of the molecule is CC(=Nc1c(C)ncnc1N1CC(CCN2CCOCC2)c2cc(F)ccc21)C(=O)NC1CCOCC1. The Morgan fingerprint density at radius 3 is 2.70 bits per heavy atom. The van der Waals surface area contributed by atoms with Gasteiger partial charge in [-0.3, -0.25) is 9.69 Å². The molecular weight excluding hydrogens is 475 g/mol. The number of aromatic nitrogens is 2. The van der Waals surface area contributed by atoms with Crippen LogP contribution < -0.4 is 10.2 Å². The van der Waals surface area contributed by atoms with Crippen LogP contribution in [0.1, 0.15) is 43.4 Å². The number of amides is 1. The maximum Gasteiger partial charge on any atom is 0.265 e. The van der Waals surface area contributed by atoms with E-state index in [1.807, 2.05) is 13.0 Å². The summed E-state index contributed by atoms with van der Waals surface area (Å²) >= 11 is 0. The molecule has 2 aromatic rings. The van der Waals surface area contributed by atoms with E-state index in [2.05, 4.69) is 25.1 Å². The van der Waals surface area contributed by atoms with Crippen molar-refractivity contribution in [1.29, 1.82) is 0 Å². The topological polar surface area (TPSA) is 92.2 Å². The molecule has 2 fully saturated rings. The van der Waals surface area contributed by atoms with Crippen molar-refractivity contribution >= 4 is 28.8 Å². The number of halogens is 1. The van der Waals surface area contributed by atoms with Crippen LogP contribution in [0.5, 0.6) is 0 Å². The third kappa shape index (κ3) is 5.97. The number of nitrogens with zero attached hydrogens (tertiary/aromatic N) is 5. The molecule has 1 atom stereocenters. The zero-order valence-electron chi connectivity index (χ0n) is 21.6. The number of carbonyl (C=O) groups is 1. The fraction of sp³-hybridized carbons (Fsp3) is 0.556. The number of carbonyl (C=O) groups excluding carboxylic acids is 1. The Kier molecular flexibility index (Phi) is 8.07. The van der Waals surface area contributed by atoms with Crippen LogP contribution in [0.4, 0.5) is 21.6 Å². The monoisotopic (exact) mass is 510 g/mol. The lowest BCUT2D eigenvalue weighted by Crippen LogP contribution is -2.41. The van der Waals surface area contributed by atoms with Crippen molar-refractivity contribution < 1.29 is 18.7 Å². The standard InChI is InChI=1S/C27H35FN6O3/c1-18-25(31-19(2)27(35)32-22-6-11-36-12-7-22)26(30-17-29-18)34-16-20(5-8-33-9-13-37-14-10-33)23-15-21(28)3-4-24(23)34/h3-4,15,17,20,22H,5-14,16H2,1-2H3,(H,32,35). The maximum atomic E-state index is 14.3. The zero-order valence-corrected chi connectivity index (χ0v) is 21.6. The van der Waals surface area contributed by atoms with Crippen LogP contribution in [0.25, 0.3) is 0 Å². The van der Waals surface area contributed by atoms with E-state index in [0.29, 0.717) is 42.7 Å². The summed E-state index contributed by atoms with van der Waals surface area (Å²) in [4.78, 5) is 31.0. The highest BCUT2D eigenvalue weighted by Gasteiger charge is 2.33. The van der Waals surface area contributed by atoms with E-state index in [1.165, 1.54) is 12.4 Å². The Hall–Kier alpha value is -2.95. The molecule has 0 spiro atoms. The number of morpholine rings is 1. The summed E-state index contributed by atoms with van der Waals surface area (Å²) in [6.45, 7) is 9.82. The van der Waals surface area contributed by atoms with E-state index < -0.39 is 0 Å². The fourth-order valence-electron chi connectivity index (χ4n) is 5.26. The molecule has 1 N–H and O–H groups in total. The minimum absolute atomic E-state index is 0.0894. The largest absolute Gasteiger partial charge is 0.381 e. The van der Waals surface area contributed by atoms with Gasteiger partial charge in [0.25, 0.3) is 5.91 Å². The molecule has 3 aliphatic rings. The fourth-order valence-corrected chi connectivity index (χ4v) is 5.26. The van der Waals surface area contributed by atoms with Gasteiger partial charge in [-0.1, -0.05) is 0 Å². The summed E-state index contributed by atoms with van der Waals surface area (Å²) in [5, 5.41) is 3.06. The van der Waals surface area contributed by atoms with Crippen molar-refractivity contribution in [3.8, 4) is 0 Å². The number of hydrogen-bond donors (Lipinski definition) is 1. The predicted octanol–water partition coefficient (Wildman–Crippen LogP) is 3.27. The number of nitrogens with one attached hydrogen (secondary N) is 1. The molecule has 9 nitrogen and oxygen atoms in total. The highest BCUT2D eigenvalue weighted by Crippen LogP contribution is 2.45. The van der Waals surface area contributed by atoms with Crippen LogP contribution in [-0.2, 0) is 14.3 Å². The van der Waals surface area contributed by atoms with Crippen LogP contribution in [0, 0.1) is 12.7 Å². The summed E-state index contributed by atoms with van der Waals surface area (Å²) in [5.41, 5.74) is 3.50. The minimum atomic E-state index is -0.241. The molecular formula is C27H35FN6O3. The van der Waals surface area contributed by atoms with Gasteiger partial charge in [0.05, 0.1) is 18.9 Å². The Balaban J connectivity index is 1.39. The molecule has 0 bridgehead atoms. The number of aliphatic imine (C=N–C) groups is 1. The van der Waals surface area contributed by atoms with Gasteiger partial charge in [-0.15, -0.1) is 0 Å². The smallest absolute Gasteiger partial charge is 0.265 e. The molecule has 1 aromatic carbocycles. The Bertz CT molecular complexity index is 1150. The van der Waals surface area contributed by atoms with Gasteiger partial charge in [-0.2, -0.15) is 0 Å². The van der Waals surface area contributed by atoms with Crippen molar-refractivity contribution in [3.63, 3.8) is 0 Å². The molecule has 2 saturated heterocycles. The average molecular weight is 511 g/mol. The molecule has 3 aliphatic heterocycles. The molecule has 5 rings (SSSR count). The Morgan fingerprint density at radius 1 is 1.16 bits per heavy atom. The highest BCUT2D eigenvalue weighted by molar-refractivity contribution is 6.38. The summed E-state index contributed by atoms with van der Waals surface area (Å²) in [7, 11) is 0. The van der Waals surface area contributed by atoms with Crippen molar-refractivity contribution in [3.05, 3.63) is 41.6 Å². The minimum Gasteiger partial charge on any atom is -0.381 e. The highest BCUT2D eigenvalue weighted by atomic mass is 19.1. The Morgan fingerprint density at radius 2 is 1.92 bits per heavy atom. The zero-order chi connectivity index (χ0) is 25.8. The maximum absolute atomic E-state index is 14.3. The first-order valence-electron chi connectivity index (χ1n) is 13.1. The lowest BCUT2D eigenvalue weighted by molar-refractivity contribution is -0.116. The van der Waals surface area contributed by atoms with E-state index in [4.69, 9.17) is 14.5 Å². The quantitative estimate of drug-likeness (QED) is 0.572. The second kappa shape index (κ2) is 11.6. The van der Waals surface area contributed by atoms with Crippen molar-refractivity contribution in [2.45, 2.75) is 45.1 Å². The van der Waals surface area contributed by atoms with E-state index in [9.17, 15) is 9.18 Å². The average Bonchev–Trinajstić information content (AvgIpc) is 3.27.